The number of carbonyl (C=O) groups is 1. The van der Waals surface area contributed by atoms with Gasteiger partial charge in [-0.1, -0.05) is 6.07 Å². The summed E-state index contributed by atoms with van der Waals surface area (Å²) in [5.74, 6) is 0.0925. The first-order valence-corrected chi connectivity index (χ1v) is 8.20. The van der Waals surface area contributed by atoms with Crippen LogP contribution in [-0.2, 0) is 17.5 Å². The topological polar surface area (TPSA) is 41.6 Å². The number of alkyl halides is 3. The molecule has 0 radical (unpaired) electrons. The maximum atomic E-state index is 13.0. The molecule has 1 aromatic carbocycles. The third-order valence-corrected chi connectivity index (χ3v) is 4.71. The predicted molar refractivity (Wildman–Crippen MR) is 83.0 cm³/mol. The Labute approximate surface area is 142 Å². The SMILES string of the molecule is O=C(Cl)C1(Oc2cc(C(F)(F)F)ccc2CN2CCNCC2)CC1. The zero-order chi connectivity index (χ0) is 17.4. The van der Waals surface area contributed by atoms with E-state index in [9.17, 15) is 18.0 Å². The summed E-state index contributed by atoms with van der Waals surface area (Å²) in [6, 6.07) is 3.44. The van der Waals surface area contributed by atoms with Crippen molar-refractivity contribution >= 4 is 16.8 Å². The zero-order valence-corrected chi connectivity index (χ0v) is 13.7. The molecule has 1 saturated heterocycles. The third-order valence-electron chi connectivity index (χ3n) is 4.37. The standard InChI is InChI=1S/C16H18ClF3N2O2/c17-14(23)15(3-4-15)24-13-9-12(16(18,19)20)2-1-11(13)10-22-7-5-21-6-8-22/h1-2,9,21H,3-8,10H2. The number of rotatable bonds is 5. The van der Waals surface area contributed by atoms with E-state index in [4.69, 9.17) is 16.3 Å². The first-order valence-electron chi connectivity index (χ1n) is 7.82. The Balaban J connectivity index is 1.87. The summed E-state index contributed by atoms with van der Waals surface area (Å²) in [4.78, 5) is 13.6. The van der Waals surface area contributed by atoms with Gasteiger partial charge in [-0.2, -0.15) is 13.2 Å². The monoisotopic (exact) mass is 362 g/mol. The fourth-order valence-electron chi connectivity index (χ4n) is 2.73. The van der Waals surface area contributed by atoms with E-state index in [1.54, 1.807) is 0 Å². The summed E-state index contributed by atoms with van der Waals surface area (Å²) < 4.78 is 44.7. The Bertz CT molecular complexity index is 626. The van der Waals surface area contributed by atoms with Gasteiger partial charge in [0.15, 0.2) is 5.60 Å². The largest absolute Gasteiger partial charge is 0.478 e. The van der Waals surface area contributed by atoms with E-state index in [-0.39, 0.29) is 5.75 Å². The van der Waals surface area contributed by atoms with Crippen molar-refractivity contribution in [3.63, 3.8) is 0 Å². The Morgan fingerprint density at radius 2 is 1.96 bits per heavy atom. The maximum Gasteiger partial charge on any atom is 0.416 e. The molecule has 1 aliphatic heterocycles. The van der Waals surface area contributed by atoms with Crippen molar-refractivity contribution in [2.75, 3.05) is 26.2 Å². The Morgan fingerprint density at radius 1 is 1.29 bits per heavy atom. The molecule has 24 heavy (non-hydrogen) atoms. The Hall–Kier alpha value is -1.31. The van der Waals surface area contributed by atoms with Gasteiger partial charge in [0.1, 0.15) is 5.75 Å². The smallest absolute Gasteiger partial charge is 0.416 e. The van der Waals surface area contributed by atoms with Crippen molar-refractivity contribution in [1.29, 1.82) is 0 Å². The molecule has 1 aliphatic carbocycles. The Kier molecular flexibility index (Phi) is 4.77. The van der Waals surface area contributed by atoms with Crippen molar-refractivity contribution in [3.8, 4) is 5.75 Å². The van der Waals surface area contributed by atoms with Crippen LogP contribution in [0.4, 0.5) is 13.2 Å². The van der Waals surface area contributed by atoms with E-state index in [0.29, 0.717) is 24.9 Å². The van der Waals surface area contributed by atoms with E-state index in [2.05, 4.69) is 10.2 Å². The average molecular weight is 363 g/mol. The molecule has 0 atom stereocenters. The summed E-state index contributed by atoms with van der Waals surface area (Å²) in [6.45, 7) is 3.75. The summed E-state index contributed by atoms with van der Waals surface area (Å²) in [5, 5.41) is 2.56. The van der Waals surface area contributed by atoms with Crippen LogP contribution in [0.15, 0.2) is 18.2 Å². The number of nitrogens with one attached hydrogen (secondary N) is 1. The fraction of sp³-hybridized carbons (Fsp3) is 0.562. The lowest BCUT2D eigenvalue weighted by Crippen LogP contribution is -2.43. The molecule has 2 aliphatic rings. The minimum atomic E-state index is -4.46. The van der Waals surface area contributed by atoms with Crippen molar-refractivity contribution in [3.05, 3.63) is 29.3 Å². The summed E-state index contributed by atoms with van der Waals surface area (Å²) in [5.41, 5.74) is -1.32. The van der Waals surface area contributed by atoms with Crippen LogP contribution in [0, 0.1) is 0 Å². The minimum absolute atomic E-state index is 0.0925. The number of benzene rings is 1. The second-order valence-corrected chi connectivity index (χ2v) is 6.56. The number of piperazine rings is 1. The Morgan fingerprint density at radius 3 is 2.50 bits per heavy atom. The molecule has 8 heteroatoms. The predicted octanol–water partition coefficient (Wildman–Crippen LogP) is 2.79. The van der Waals surface area contributed by atoms with Crippen LogP contribution in [0.25, 0.3) is 0 Å². The number of hydrogen-bond donors (Lipinski definition) is 1. The molecule has 4 nitrogen and oxygen atoms in total. The molecule has 0 unspecified atom stereocenters. The highest BCUT2D eigenvalue weighted by Gasteiger charge is 2.52. The van der Waals surface area contributed by atoms with Gasteiger partial charge in [-0.15, -0.1) is 0 Å². The number of halogens is 4. The lowest BCUT2D eigenvalue weighted by atomic mass is 10.1. The second kappa shape index (κ2) is 6.54. The van der Waals surface area contributed by atoms with Crippen LogP contribution in [0.1, 0.15) is 24.0 Å². The van der Waals surface area contributed by atoms with Crippen molar-refractivity contribution in [1.82, 2.24) is 10.2 Å². The number of ether oxygens (including phenoxy) is 1. The number of hydrogen-bond acceptors (Lipinski definition) is 4. The molecule has 0 amide bonds. The van der Waals surface area contributed by atoms with Gasteiger partial charge in [0.05, 0.1) is 5.56 Å². The van der Waals surface area contributed by atoms with Crippen molar-refractivity contribution < 1.29 is 22.7 Å². The number of carbonyl (C=O) groups excluding carboxylic acids is 1. The van der Waals surface area contributed by atoms with Gasteiger partial charge in [0.2, 0.25) is 0 Å². The van der Waals surface area contributed by atoms with Gasteiger partial charge >= 0.3 is 6.18 Å². The summed E-state index contributed by atoms with van der Waals surface area (Å²) in [7, 11) is 0. The van der Waals surface area contributed by atoms with E-state index < -0.39 is 22.6 Å². The minimum Gasteiger partial charge on any atom is -0.478 e. The van der Waals surface area contributed by atoms with Crippen LogP contribution in [0.5, 0.6) is 5.75 Å². The maximum absolute atomic E-state index is 13.0. The van der Waals surface area contributed by atoms with Crippen LogP contribution >= 0.6 is 11.6 Å². The highest BCUT2D eigenvalue weighted by Crippen LogP contribution is 2.44. The van der Waals surface area contributed by atoms with E-state index in [1.165, 1.54) is 6.07 Å². The molecule has 132 valence electrons. The molecule has 0 bridgehead atoms. The molecular formula is C16H18ClF3N2O2. The van der Waals surface area contributed by atoms with Crippen LogP contribution < -0.4 is 10.1 Å². The third kappa shape index (κ3) is 3.84. The first kappa shape index (κ1) is 17.5. The van der Waals surface area contributed by atoms with E-state index in [0.717, 1.165) is 38.3 Å². The van der Waals surface area contributed by atoms with Crippen molar-refractivity contribution in [2.45, 2.75) is 31.2 Å². The summed E-state index contributed by atoms with van der Waals surface area (Å²) in [6.07, 6.45) is -3.61. The van der Waals surface area contributed by atoms with Gasteiger partial charge < -0.3 is 10.1 Å². The quantitative estimate of drug-likeness (QED) is 0.818. The van der Waals surface area contributed by atoms with Crippen LogP contribution in [-0.4, -0.2) is 41.9 Å². The highest BCUT2D eigenvalue weighted by atomic mass is 35.5. The van der Waals surface area contributed by atoms with Gasteiger partial charge in [-0.25, -0.2) is 0 Å². The van der Waals surface area contributed by atoms with Crippen LogP contribution in [0.3, 0.4) is 0 Å². The molecule has 1 aromatic rings. The zero-order valence-electron chi connectivity index (χ0n) is 13.0. The van der Waals surface area contributed by atoms with Crippen molar-refractivity contribution in [2.24, 2.45) is 0 Å². The van der Waals surface area contributed by atoms with Gasteiger partial charge in [0, 0.05) is 38.3 Å². The van der Waals surface area contributed by atoms with E-state index >= 15 is 0 Å². The summed E-state index contributed by atoms with van der Waals surface area (Å²) >= 11 is 5.55. The number of nitrogens with zero attached hydrogens (tertiary/aromatic N) is 1. The molecule has 1 N–H and O–H groups in total. The lowest BCUT2D eigenvalue weighted by Gasteiger charge is -2.28. The average Bonchev–Trinajstić information content (AvgIpc) is 3.30. The molecule has 1 heterocycles. The fourth-order valence-corrected chi connectivity index (χ4v) is 2.96. The highest BCUT2D eigenvalue weighted by molar-refractivity contribution is 6.66. The molecule has 2 fully saturated rings. The first-order chi connectivity index (χ1) is 11.3. The second-order valence-electron chi connectivity index (χ2n) is 6.22. The van der Waals surface area contributed by atoms with Gasteiger partial charge in [-0.3, -0.25) is 9.69 Å². The van der Waals surface area contributed by atoms with Crippen LogP contribution in [0.2, 0.25) is 0 Å². The molecule has 1 saturated carbocycles. The van der Waals surface area contributed by atoms with Gasteiger partial charge in [-0.05, 0) is 36.6 Å². The molecule has 3 rings (SSSR count). The van der Waals surface area contributed by atoms with Gasteiger partial charge in [0.25, 0.3) is 5.24 Å². The molecule has 0 aromatic heterocycles. The normalized spacial score (nSPS) is 20.7. The lowest BCUT2D eigenvalue weighted by molar-refractivity contribution is -0.137. The molecular weight excluding hydrogens is 345 g/mol. The molecule has 0 spiro atoms. The van der Waals surface area contributed by atoms with E-state index in [1.807, 2.05) is 0 Å².